The summed E-state index contributed by atoms with van der Waals surface area (Å²) in [6, 6.07) is 0.501. The van der Waals surface area contributed by atoms with Crippen molar-refractivity contribution in [1.82, 2.24) is 4.90 Å². The van der Waals surface area contributed by atoms with Gasteiger partial charge in [0, 0.05) is 12.6 Å². The molecule has 0 aromatic carbocycles. The Bertz CT molecular complexity index is 159. The van der Waals surface area contributed by atoms with Gasteiger partial charge >= 0.3 is 0 Å². The first-order chi connectivity index (χ1) is 5.70. The molecule has 0 bridgehead atoms. The van der Waals surface area contributed by atoms with Crippen molar-refractivity contribution < 1.29 is 0 Å². The second-order valence-electron chi connectivity index (χ2n) is 4.83. The zero-order chi connectivity index (χ0) is 8.60. The van der Waals surface area contributed by atoms with E-state index in [4.69, 9.17) is 5.73 Å². The Labute approximate surface area is 75.1 Å². The van der Waals surface area contributed by atoms with E-state index in [9.17, 15) is 0 Å². The van der Waals surface area contributed by atoms with Crippen LogP contribution in [-0.2, 0) is 0 Å². The molecule has 2 rings (SSSR count). The molecule has 0 atom stereocenters. The van der Waals surface area contributed by atoms with Crippen LogP contribution in [0.25, 0.3) is 0 Å². The molecule has 2 fully saturated rings. The average Bonchev–Trinajstić information content (AvgIpc) is 2.40. The molecule has 1 heterocycles. The minimum absolute atomic E-state index is 0.501. The highest BCUT2D eigenvalue weighted by atomic mass is 15.1. The molecule has 2 aliphatic rings. The summed E-state index contributed by atoms with van der Waals surface area (Å²) in [6.07, 6.45) is 6.68. The molecule has 0 radical (unpaired) electrons. The smallest absolute Gasteiger partial charge is 0.00392 e. The predicted molar refractivity (Wildman–Crippen MR) is 51.0 cm³/mol. The van der Waals surface area contributed by atoms with Gasteiger partial charge in [-0.1, -0.05) is 0 Å². The number of nitrogens with two attached hydrogens (primary N) is 1. The fraction of sp³-hybridized carbons (Fsp3) is 1.00. The lowest BCUT2D eigenvalue weighted by Gasteiger charge is -2.35. The van der Waals surface area contributed by atoms with Crippen molar-refractivity contribution in [3.63, 3.8) is 0 Å². The van der Waals surface area contributed by atoms with Crippen LogP contribution in [-0.4, -0.2) is 31.1 Å². The van der Waals surface area contributed by atoms with E-state index in [-0.39, 0.29) is 0 Å². The molecule has 0 unspecified atom stereocenters. The van der Waals surface area contributed by atoms with Gasteiger partial charge in [0.25, 0.3) is 0 Å². The third kappa shape index (κ3) is 1.50. The highest BCUT2D eigenvalue weighted by molar-refractivity contribution is 4.93. The maximum Gasteiger partial charge on any atom is 0.00392 e. The van der Waals surface area contributed by atoms with Gasteiger partial charge in [0.1, 0.15) is 0 Å². The van der Waals surface area contributed by atoms with Crippen molar-refractivity contribution in [2.45, 2.75) is 38.1 Å². The normalized spacial score (nSPS) is 44.0. The summed E-state index contributed by atoms with van der Waals surface area (Å²) in [6.45, 7) is 2.62. The van der Waals surface area contributed by atoms with Gasteiger partial charge in [0.05, 0.1) is 0 Å². The molecule has 1 spiro atoms. The van der Waals surface area contributed by atoms with Gasteiger partial charge in [-0.25, -0.2) is 0 Å². The third-order valence-electron chi connectivity index (χ3n) is 3.72. The molecule has 70 valence electrons. The Morgan fingerprint density at radius 2 is 1.92 bits per heavy atom. The second kappa shape index (κ2) is 3.00. The highest BCUT2D eigenvalue weighted by Gasteiger charge is 2.38. The number of hydrogen-bond acceptors (Lipinski definition) is 2. The number of nitrogens with zero attached hydrogens (tertiary/aromatic N) is 1. The van der Waals surface area contributed by atoms with Crippen LogP contribution in [0.3, 0.4) is 0 Å². The first-order valence-electron chi connectivity index (χ1n) is 5.14. The standard InChI is InChI=1S/C10H20N2/c1-12-7-6-10(8-12)4-2-9(11)3-5-10/h9H,2-8,11H2,1H3. The Kier molecular flexibility index (Phi) is 2.13. The number of hydrogen-bond donors (Lipinski definition) is 1. The van der Waals surface area contributed by atoms with Gasteiger partial charge in [-0.2, -0.15) is 0 Å². The van der Waals surface area contributed by atoms with Crippen LogP contribution in [0.15, 0.2) is 0 Å². The lowest BCUT2D eigenvalue weighted by atomic mass is 9.72. The predicted octanol–water partition coefficient (Wildman–Crippen LogP) is 1.21. The minimum atomic E-state index is 0.501. The molecular formula is C10H20N2. The monoisotopic (exact) mass is 168 g/mol. The molecule has 2 heteroatoms. The molecular weight excluding hydrogens is 148 g/mol. The van der Waals surface area contributed by atoms with Gasteiger partial charge in [0.2, 0.25) is 0 Å². The first kappa shape index (κ1) is 8.52. The third-order valence-corrected chi connectivity index (χ3v) is 3.72. The number of likely N-dealkylation sites (tertiary alicyclic amines) is 1. The molecule has 1 aliphatic heterocycles. The van der Waals surface area contributed by atoms with E-state index in [1.165, 1.54) is 45.2 Å². The molecule has 1 saturated heterocycles. The van der Waals surface area contributed by atoms with Gasteiger partial charge in [0.15, 0.2) is 0 Å². The van der Waals surface area contributed by atoms with Gasteiger partial charge < -0.3 is 10.6 Å². The van der Waals surface area contributed by atoms with Gasteiger partial charge in [-0.3, -0.25) is 0 Å². The van der Waals surface area contributed by atoms with Crippen molar-refractivity contribution in [3.05, 3.63) is 0 Å². The van der Waals surface area contributed by atoms with Crippen molar-refractivity contribution in [1.29, 1.82) is 0 Å². The summed E-state index contributed by atoms with van der Waals surface area (Å²) in [5.74, 6) is 0. The van der Waals surface area contributed by atoms with Crippen molar-refractivity contribution in [3.8, 4) is 0 Å². The van der Waals surface area contributed by atoms with Gasteiger partial charge in [-0.05, 0) is 51.1 Å². The zero-order valence-corrected chi connectivity index (χ0v) is 8.05. The van der Waals surface area contributed by atoms with E-state index >= 15 is 0 Å². The second-order valence-corrected chi connectivity index (χ2v) is 4.83. The summed E-state index contributed by atoms with van der Waals surface area (Å²) in [7, 11) is 2.24. The topological polar surface area (TPSA) is 29.3 Å². The van der Waals surface area contributed by atoms with E-state index in [0.29, 0.717) is 11.5 Å². The maximum absolute atomic E-state index is 5.91. The van der Waals surface area contributed by atoms with Crippen LogP contribution in [0, 0.1) is 5.41 Å². The molecule has 1 saturated carbocycles. The molecule has 2 nitrogen and oxygen atoms in total. The maximum atomic E-state index is 5.91. The van der Waals surface area contributed by atoms with E-state index < -0.39 is 0 Å². The van der Waals surface area contributed by atoms with Crippen molar-refractivity contribution >= 4 is 0 Å². The fourth-order valence-corrected chi connectivity index (χ4v) is 2.82. The largest absolute Gasteiger partial charge is 0.328 e. The average molecular weight is 168 g/mol. The molecule has 2 N–H and O–H groups in total. The summed E-state index contributed by atoms with van der Waals surface area (Å²) < 4.78 is 0. The Morgan fingerprint density at radius 1 is 1.25 bits per heavy atom. The Balaban J connectivity index is 1.95. The van der Waals surface area contributed by atoms with Crippen LogP contribution in [0.5, 0.6) is 0 Å². The number of rotatable bonds is 0. The lowest BCUT2D eigenvalue weighted by Crippen LogP contribution is -2.35. The quantitative estimate of drug-likeness (QED) is 0.589. The first-order valence-corrected chi connectivity index (χ1v) is 5.14. The summed E-state index contributed by atoms with van der Waals surface area (Å²) in [4.78, 5) is 2.47. The summed E-state index contributed by atoms with van der Waals surface area (Å²) >= 11 is 0. The van der Waals surface area contributed by atoms with E-state index in [2.05, 4.69) is 11.9 Å². The minimum Gasteiger partial charge on any atom is -0.328 e. The summed E-state index contributed by atoms with van der Waals surface area (Å²) in [5, 5.41) is 0. The van der Waals surface area contributed by atoms with E-state index in [1.807, 2.05) is 0 Å². The Morgan fingerprint density at radius 3 is 2.42 bits per heavy atom. The van der Waals surface area contributed by atoms with Crippen molar-refractivity contribution in [2.24, 2.45) is 11.1 Å². The van der Waals surface area contributed by atoms with Crippen LogP contribution in [0.2, 0.25) is 0 Å². The molecule has 1 aliphatic carbocycles. The molecule has 12 heavy (non-hydrogen) atoms. The van der Waals surface area contributed by atoms with Crippen molar-refractivity contribution in [2.75, 3.05) is 20.1 Å². The van der Waals surface area contributed by atoms with Crippen LogP contribution in [0.1, 0.15) is 32.1 Å². The van der Waals surface area contributed by atoms with E-state index in [1.54, 1.807) is 0 Å². The van der Waals surface area contributed by atoms with E-state index in [0.717, 1.165) is 0 Å². The molecule has 0 aromatic rings. The zero-order valence-electron chi connectivity index (χ0n) is 8.05. The lowest BCUT2D eigenvalue weighted by molar-refractivity contribution is 0.182. The molecule has 0 amide bonds. The highest BCUT2D eigenvalue weighted by Crippen LogP contribution is 2.42. The summed E-state index contributed by atoms with van der Waals surface area (Å²) in [5.41, 5.74) is 6.58. The van der Waals surface area contributed by atoms with Crippen LogP contribution < -0.4 is 5.73 Å². The Hall–Kier alpha value is -0.0800. The van der Waals surface area contributed by atoms with Crippen LogP contribution >= 0.6 is 0 Å². The fourth-order valence-electron chi connectivity index (χ4n) is 2.82. The van der Waals surface area contributed by atoms with Crippen LogP contribution in [0.4, 0.5) is 0 Å². The van der Waals surface area contributed by atoms with Gasteiger partial charge in [-0.15, -0.1) is 0 Å². The molecule has 0 aromatic heterocycles. The SMILES string of the molecule is CN1CCC2(CCC(N)CC2)C1.